The molecule has 2 aliphatic rings. The number of hydrogen-bond acceptors (Lipinski definition) is 3. The van der Waals surface area contributed by atoms with Crippen LogP contribution in [-0.4, -0.2) is 36.6 Å². The highest BCUT2D eigenvalue weighted by Crippen LogP contribution is 2.30. The summed E-state index contributed by atoms with van der Waals surface area (Å²) in [6, 6.07) is 3.87. The van der Waals surface area contributed by atoms with Crippen LogP contribution < -0.4 is 5.32 Å². The fourth-order valence-corrected chi connectivity index (χ4v) is 3.83. The molecule has 0 aromatic heterocycles. The van der Waals surface area contributed by atoms with Crippen LogP contribution >= 0.6 is 0 Å². The molecule has 19 heavy (non-hydrogen) atoms. The second-order valence-corrected chi connectivity index (χ2v) is 6.25. The van der Waals surface area contributed by atoms with E-state index in [1.807, 2.05) is 7.05 Å². The average Bonchev–Trinajstić information content (AvgIpc) is 2.50. The van der Waals surface area contributed by atoms with Gasteiger partial charge in [-0.05, 0) is 32.7 Å². The summed E-state index contributed by atoms with van der Waals surface area (Å²) in [6.45, 7) is 0.919. The predicted octanol–water partition coefficient (Wildman–Crippen LogP) is 3.07. The third kappa shape index (κ3) is 4.19. The summed E-state index contributed by atoms with van der Waals surface area (Å²) in [6.07, 6.45) is 13.7. The van der Waals surface area contributed by atoms with Gasteiger partial charge in [0.15, 0.2) is 0 Å². The van der Waals surface area contributed by atoms with Crippen molar-refractivity contribution in [2.24, 2.45) is 0 Å². The fourth-order valence-electron chi connectivity index (χ4n) is 3.83. The minimum absolute atomic E-state index is 0.0103. The lowest BCUT2D eigenvalue weighted by atomic mass is 9.88. The van der Waals surface area contributed by atoms with Gasteiger partial charge in [-0.15, -0.1) is 0 Å². The van der Waals surface area contributed by atoms with Gasteiger partial charge in [-0.3, -0.25) is 4.90 Å². The lowest BCUT2D eigenvalue weighted by Crippen LogP contribution is -2.50. The van der Waals surface area contributed by atoms with Crippen LogP contribution in [-0.2, 0) is 0 Å². The fraction of sp³-hybridized carbons (Fsp3) is 0.938. The molecular weight excluding hydrogens is 234 g/mol. The Morgan fingerprint density at radius 1 is 1.00 bits per heavy atom. The predicted molar refractivity (Wildman–Crippen MR) is 78.9 cm³/mol. The van der Waals surface area contributed by atoms with Gasteiger partial charge in [0.25, 0.3) is 0 Å². The van der Waals surface area contributed by atoms with Gasteiger partial charge in [0.2, 0.25) is 0 Å². The van der Waals surface area contributed by atoms with Gasteiger partial charge in [-0.1, -0.05) is 38.5 Å². The molecule has 2 rings (SSSR count). The van der Waals surface area contributed by atoms with E-state index in [1.165, 1.54) is 64.2 Å². The van der Waals surface area contributed by atoms with Crippen LogP contribution in [0, 0.1) is 11.3 Å². The van der Waals surface area contributed by atoms with Crippen molar-refractivity contribution in [3.05, 3.63) is 0 Å². The van der Waals surface area contributed by atoms with Crippen molar-refractivity contribution in [1.29, 1.82) is 5.26 Å². The Morgan fingerprint density at radius 2 is 1.47 bits per heavy atom. The van der Waals surface area contributed by atoms with Crippen molar-refractivity contribution in [1.82, 2.24) is 10.2 Å². The Bertz CT molecular complexity index is 267. The lowest BCUT2D eigenvalue weighted by Gasteiger charge is -2.42. The first kappa shape index (κ1) is 14.8. The summed E-state index contributed by atoms with van der Waals surface area (Å²) in [7, 11) is 1.91. The van der Waals surface area contributed by atoms with Crippen molar-refractivity contribution in [3.8, 4) is 6.07 Å². The Kier molecular flexibility index (Phi) is 6.13. The second-order valence-electron chi connectivity index (χ2n) is 6.25. The monoisotopic (exact) mass is 263 g/mol. The summed E-state index contributed by atoms with van der Waals surface area (Å²) >= 11 is 0. The van der Waals surface area contributed by atoms with E-state index in [9.17, 15) is 5.26 Å². The first-order chi connectivity index (χ1) is 9.35. The van der Waals surface area contributed by atoms with Gasteiger partial charge >= 0.3 is 0 Å². The number of rotatable bonds is 5. The van der Waals surface area contributed by atoms with Crippen molar-refractivity contribution < 1.29 is 0 Å². The molecule has 0 saturated heterocycles. The molecule has 2 fully saturated rings. The zero-order valence-electron chi connectivity index (χ0n) is 12.4. The van der Waals surface area contributed by atoms with E-state index in [0.29, 0.717) is 0 Å². The van der Waals surface area contributed by atoms with E-state index < -0.39 is 0 Å². The van der Waals surface area contributed by atoms with E-state index in [4.69, 9.17) is 0 Å². The number of nitrogens with one attached hydrogen (secondary N) is 1. The molecule has 0 aliphatic heterocycles. The summed E-state index contributed by atoms with van der Waals surface area (Å²) in [4.78, 5) is 2.70. The summed E-state index contributed by atoms with van der Waals surface area (Å²) < 4.78 is 0. The van der Waals surface area contributed by atoms with Gasteiger partial charge < -0.3 is 5.32 Å². The van der Waals surface area contributed by atoms with Gasteiger partial charge in [-0.25, -0.2) is 0 Å². The van der Waals surface area contributed by atoms with Crippen LogP contribution in [0.2, 0.25) is 0 Å². The zero-order chi connectivity index (χ0) is 13.5. The lowest BCUT2D eigenvalue weighted by molar-refractivity contribution is 0.0765. The minimum Gasteiger partial charge on any atom is -0.304 e. The Balaban J connectivity index is 2.00. The van der Waals surface area contributed by atoms with Gasteiger partial charge in [0.05, 0.1) is 6.07 Å². The van der Waals surface area contributed by atoms with Crippen LogP contribution in [0.5, 0.6) is 0 Å². The number of hydrogen-bond donors (Lipinski definition) is 1. The van der Waals surface area contributed by atoms with Crippen molar-refractivity contribution >= 4 is 0 Å². The normalized spacial score (nSPS) is 24.3. The Morgan fingerprint density at radius 3 is 1.84 bits per heavy atom. The molecule has 0 radical (unpaired) electrons. The Labute approximate surface area is 118 Å². The minimum atomic E-state index is -0.0103. The maximum atomic E-state index is 9.23. The molecule has 0 bridgehead atoms. The van der Waals surface area contributed by atoms with E-state index >= 15 is 0 Å². The third-order valence-electron chi connectivity index (χ3n) is 4.99. The van der Waals surface area contributed by atoms with Crippen LogP contribution in [0.1, 0.15) is 64.2 Å². The maximum absolute atomic E-state index is 9.23. The van der Waals surface area contributed by atoms with Crippen LogP contribution in [0.25, 0.3) is 0 Å². The number of nitriles is 1. The molecular formula is C16H29N3. The molecule has 3 heteroatoms. The van der Waals surface area contributed by atoms with Gasteiger partial charge in [-0.2, -0.15) is 5.26 Å². The average molecular weight is 263 g/mol. The molecule has 0 aromatic rings. The largest absolute Gasteiger partial charge is 0.304 e. The molecule has 1 N–H and O–H groups in total. The summed E-state index contributed by atoms with van der Waals surface area (Å²) in [5, 5.41) is 12.4. The maximum Gasteiger partial charge on any atom is 0.108 e. The SMILES string of the molecule is CNC(C#N)CN(C1CCCCC1)C1CCCCC1. The first-order valence-corrected chi connectivity index (χ1v) is 8.17. The summed E-state index contributed by atoms with van der Waals surface area (Å²) in [5.74, 6) is 0. The molecule has 1 unspecified atom stereocenters. The number of nitrogens with zero attached hydrogens (tertiary/aromatic N) is 2. The highest BCUT2D eigenvalue weighted by molar-refractivity contribution is 4.95. The third-order valence-corrected chi connectivity index (χ3v) is 4.99. The molecule has 108 valence electrons. The van der Waals surface area contributed by atoms with Crippen LogP contribution in [0.4, 0.5) is 0 Å². The standard InChI is InChI=1S/C16H29N3/c1-18-14(12-17)13-19(15-8-4-2-5-9-15)16-10-6-3-7-11-16/h14-16,18H,2-11,13H2,1H3. The smallest absolute Gasteiger partial charge is 0.108 e. The Hall–Kier alpha value is -0.590. The van der Waals surface area contributed by atoms with E-state index in [0.717, 1.165) is 18.6 Å². The molecule has 0 heterocycles. The van der Waals surface area contributed by atoms with Crippen molar-refractivity contribution in [3.63, 3.8) is 0 Å². The topological polar surface area (TPSA) is 39.1 Å². The molecule has 2 aliphatic carbocycles. The van der Waals surface area contributed by atoms with Gasteiger partial charge in [0, 0.05) is 18.6 Å². The zero-order valence-corrected chi connectivity index (χ0v) is 12.4. The van der Waals surface area contributed by atoms with Crippen LogP contribution in [0.15, 0.2) is 0 Å². The summed E-state index contributed by atoms with van der Waals surface area (Å²) in [5.41, 5.74) is 0. The molecule has 0 amide bonds. The quantitative estimate of drug-likeness (QED) is 0.828. The molecule has 0 spiro atoms. The van der Waals surface area contributed by atoms with Crippen LogP contribution in [0.3, 0.4) is 0 Å². The van der Waals surface area contributed by atoms with E-state index in [-0.39, 0.29) is 6.04 Å². The molecule has 1 atom stereocenters. The highest BCUT2D eigenvalue weighted by atomic mass is 15.2. The van der Waals surface area contributed by atoms with E-state index in [1.54, 1.807) is 0 Å². The van der Waals surface area contributed by atoms with Gasteiger partial charge in [0.1, 0.15) is 6.04 Å². The highest BCUT2D eigenvalue weighted by Gasteiger charge is 2.30. The molecule has 3 nitrogen and oxygen atoms in total. The second kappa shape index (κ2) is 7.87. The van der Waals surface area contributed by atoms with Crippen molar-refractivity contribution in [2.75, 3.05) is 13.6 Å². The molecule has 0 aromatic carbocycles. The van der Waals surface area contributed by atoms with E-state index in [2.05, 4.69) is 16.3 Å². The van der Waals surface area contributed by atoms with Crippen molar-refractivity contribution in [2.45, 2.75) is 82.3 Å². The molecule has 2 saturated carbocycles. The first-order valence-electron chi connectivity index (χ1n) is 8.17. The number of likely N-dealkylation sites (N-methyl/N-ethyl adjacent to an activating group) is 1.